The van der Waals surface area contributed by atoms with Crippen LogP contribution in [0.25, 0.3) is 0 Å². The van der Waals surface area contributed by atoms with Crippen molar-refractivity contribution in [3.05, 3.63) is 0 Å². The lowest BCUT2D eigenvalue weighted by Crippen LogP contribution is -2.39. The molecule has 0 aromatic heterocycles. The minimum Gasteiger partial charge on any atom is -0.396 e. The van der Waals surface area contributed by atoms with E-state index in [2.05, 4.69) is 20.8 Å². The van der Waals surface area contributed by atoms with Crippen LogP contribution in [0.3, 0.4) is 0 Å². The Kier molecular flexibility index (Phi) is 10.8. The third-order valence-corrected chi connectivity index (χ3v) is 4.47. The van der Waals surface area contributed by atoms with E-state index in [-0.39, 0.29) is 12.0 Å². The Morgan fingerprint density at radius 1 is 0.944 bits per heavy atom. The van der Waals surface area contributed by atoms with E-state index in [0.717, 1.165) is 6.42 Å². The van der Waals surface area contributed by atoms with Gasteiger partial charge < -0.3 is 10.8 Å². The summed E-state index contributed by atoms with van der Waals surface area (Å²) in [5.74, 6) is 0.469. The molecule has 0 fully saturated rings. The minimum absolute atomic E-state index is 0.0395. The summed E-state index contributed by atoms with van der Waals surface area (Å²) in [5.41, 5.74) is 5.82. The molecule has 3 N–H and O–H groups in total. The molecule has 0 aliphatic rings. The van der Waals surface area contributed by atoms with Gasteiger partial charge in [-0.1, -0.05) is 72.1 Å². The molecule has 0 amide bonds. The molecule has 2 nitrogen and oxygen atoms in total. The second kappa shape index (κ2) is 10.8. The first kappa shape index (κ1) is 17.9. The second-order valence-corrected chi connectivity index (χ2v) is 6.10. The molecule has 18 heavy (non-hydrogen) atoms. The normalized spacial score (nSPS) is 15.0. The van der Waals surface area contributed by atoms with Gasteiger partial charge in [0.2, 0.25) is 0 Å². The van der Waals surface area contributed by atoms with Gasteiger partial charge in [-0.2, -0.15) is 0 Å². The summed E-state index contributed by atoms with van der Waals surface area (Å²) >= 11 is 0. The summed E-state index contributed by atoms with van der Waals surface area (Å²) in [6, 6.07) is 0. The molecule has 0 aromatic rings. The Morgan fingerprint density at radius 3 is 1.83 bits per heavy atom. The summed E-state index contributed by atoms with van der Waals surface area (Å²) in [6.07, 6.45) is 11.8. The number of nitrogens with two attached hydrogens (primary N) is 1. The van der Waals surface area contributed by atoms with Crippen LogP contribution in [0, 0.1) is 11.3 Å². The summed E-state index contributed by atoms with van der Waals surface area (Å²) in [7, 11) is 0. The van der Waals surface area contributed by atoms with Gasteiger partial charge in [0.15, 0.2) is 0 Å². The van der Waals surface area contributed by atoms with Crippen LogP contribution in [0.4, 0.5) is 0 Å². The highest BCUT2D eigenvalue weighted by atomic mass is 16.3. The number of hydrogen-bond donors (Lipinski definition) is 2. The van der Waals surface area contributed by atoms with Gasteiger partial charge >= 0.3 is 0 Å². The molecule has 0 saturated carbocycles. The summed E-state index contributed by atoms with van der Waals surface area (Å²) < 4.78 is 0. The van der Waals surface area contributed by atoms with Gasteiger partial charge in [-0.25, -0.2) is 0 Å². The number of rotatable bonds is 12. The highest BCUT2D eigenvalue weighted by Gasteiger charge is 2.30. The maximum absolute atomic E-state index is 9.57. The first-order chi connectivity index (χ1) is 8.63. The molecule has 0 aliphatic heterocycles. The van der Waals surface area contributed by atoms with Gasteiger partial charge in [0.25, 0.3) is 0 Å². The van der Waals surface area contributed by atoms with E-state index in [0.29, 0.717) is 12.5 Å². The average molecular weight is 257 g/mol. The quantitative estimate of drug-likeness (QED) is 0.517. The van der Waals surface area contributed by atoms with Crippen LogP contribution in [-0.4, -0.2) is 18.3 Å². The smallest absolute Gasteiger partial charge is 0.0501 e. The van der Waals surface area contributed by atoms with Crippen molar-refractivity contribution in [3.8, 4) is 0 Å². The molecule has 0 saturated heterocycles. The molecule has 0 aliphatic carbocycles. The van der Waals surface area contributed by atoms with Crippen molar-refractivity contribution in [3.63, 3.8) is 0 Å². The Hall–Kier alpha value is -0.0800. The Bertz CT molecular complexity index is 176. The van der Waals surface area contributed by atoms with Crippen LogP contribution < -0.4 is 5.73 Å². The van der Waals surface area contributed by atoms with Crippen molar-refractivity contribution in [2.75, 3.05) is 13.2 Å². The van der Waals surface area contributed by atoms with Crippen molar-refractivity contribution in [2.24, 2.45) is 17.1 Å². The lowest BCUT2D eigenvalue weighted by Gasteiger charge is -2.34. The van der Waals surface area contributed by atoms with Gasteiger partial charge in [-0.3, -0.25) is 0 Å². The van der Waals surface area contributed by atoms with Gasteiger partial charge in [0.05, 0.1) is 6.61 Å². The van der Waals surface area contributed by atoms with Crippen LogP contribution in [0.5, 0.6) is 0 Å². The van der Waals surface area contributed by atoms with Crippen LogP contribution in [0.1, 0.15) is 78.6 Å². The maximum Gasteiger partial charge on any atom is 0.0501 e. The van der Waals surface area contributed by atoms with Crippen molar-refractivity contribution < 1.29 is 5.11 Å². The van der Waals surface area contributed by atoms with Crippen LogP contribution in [-0.2, 0) is 0 Å². The Morgan fingerprint density at radius 2 is 1.44 bits per heavy atom. The molecule has 0 radical (unpaired) electrons. The van der Waals surface area contributed by atoms with E-state index in [4.69, 9.17) is 5.73 Å². The van der Waals surface area contributed by atoms with Crippen molar-refractivity contribution >= 4 is 0 Å². The first-order valence-corrected chi connectivity index (χ1v) is 7.94. The summed E-state index contributed by atoms with van der Waals surface area (Å²) in [5, 5.41) is 9.57. The minimum atomic E-state index is -0.0395. The summed E-state index contributed by atoms with van der Waals surface area (Å²) in [4.78, 5) is 0. The van der Waals surface area contributed by atoms with E-state index < -0.39 is 0 Å². The van der Waals surface area contributed by atoms with Crippen LogP contribution in [0.15, 0.2) is 0 Å². The third-order valence-electron chi connectivity index (χ3n) is 4.47. The molecule has 0 rings (SSSR count). The van der Waals surface area contributed by atoms with Crippen molar-refractivity contribution in [2.45, 2.75) is 78.6 Å². The standard InChI is InChI=1S/C16H35NO/c1-4-5-6-7-8-9-10-11-12-16(13-17,14-18)15(2)3/h15,18H,4-14,17H2,1-3H3. The zero-order valence-corrected chi connectivity index (χ0v) is 12.9. The van der Waals surface area contributed by atoms with E-state index >= 15 is 0 Å². The van der Waals surface area contributed by atoms with E-state index in [1.165, 1.54) is 51.4 Å². The highest BCUT2D eigenvalue weighted by Crippen LogP contribution is 2.32. The van der Waals surface area contributed by atoms with E-state index in [1.54, 1.807) is 0 Å². The summed E-state index contributed by atoms with van der Waals surface area (Å²) in [6.45, 7) is 7.45. The van der Waals surface area contributed by atoms with Gasteiger partial charge in [-0.15, -0.1) is 0 Å². The zero-order valence-electron chi connectivity index (χ0n) is 12.9. The SMILES string of the molecule is CCCCCCCCCCC(CN)(CO)C(C)C. The third kappa shape index (κ3) is 6.75. The van der Waals surface area contributed by atoms with Crippen molar-refractivity contribution in [1.29, 1.82) is 0 Å². The molecule has 2 heteroatoms. The Balaban J connectivity index is 3.62. The van der Waals surface area contributed by atoms with E-state index in [1.807, 2.05) is 0 Å². The van der Waals surface area contributed by atoms with Crippen LogP contribution >= 0.6 is 0 Å². The fourth-order valence-corrected chi connectivity index (χ4v) is 2.56. The van der Waals surface area contributed by atoms with Gasteiger partial charge in [0, 0.05) is 12.0 Å². The van der Waals surface area contributed by atoms with Gasteiger partial charge in [-0.05, 0) is 12.3 Å². The predicted octanol–water partition coefficient (Wildman–Crippen LogP) is 4.11. The second-order valence-electron chi connectivity index (χ2n) is 6.10. The highest BCUT2D eigenvalue weighted by molar-refractivity contribution is 4.82. The molecule has 0 spiro atoms. The molecule has 0 heterocycles. The molecule has 1 atom stereocenters. The van der Waals surface area contributed by atoms with E-state index in [9.17, 15) is 5.11 Å². The van der Waals surface area contributed by atoms with Crippen LogP contribution in [0.2, 0.25) is 0 Å². The first-order valence-electron chi connectivity index (χ1n) is 7.94. The molecule has 0 bridgehead atoms. The topological polar surface area (TPSA) is 46.2 Å². The lowest BCUT2D eigenvalue weighted by molar-refractivity contribution is 0.0722. The molecule has 110 valence electrons. The number of aliphatic hydroxyl groups excluding tert-OH is 1. The fraction of sp³-hybridized carbons (Fsp3) is 1.00. The monoisotopic (exact) mass is 257 g/mol. The average Bonchev–Trinajstić information content (AvgIpc) is 2.37. The number of aliphatic hydroxyl groups is 1. The number of hydrogen-bond acceptors (Lipinski definition) is 2. The number of unbranched alkanes of at least 4 members (excludes halogenated alkanes) is 7. The molecular formula is C16H35NO. The zero-order chi connectivity index (χ0) is 13.9. The van der Waals surface area contributed by atoms with Gasteiger partial charge in [0.1, 0.15) is 0 Å². The fourth-order valence-electron chi connectivity index (χ4n) is 2.56. The maximum atomic E-state index is 9.57. The predicted molar refractivity (Wildman–Crippen MR) is 80.6 cm³/mol. The molecular weight excluding hydrogens is 222 g/mol. The Labute approximate surface area is 114 Å². The van der Waals surface area contributed by atoms with Crippen molar-refractivity contribution in [1.82, 2.24) is 0 Å². The largest absolute Gasteiger partial charge is 0.396 e. The molecule has 1 unspecified atom stereocenters. The molecule has 0 aromatic carbocycles. The lowest BCUT2D eigenvalue weighted by atomic mass is 9.74.